The molecule has 1 heterocycles. The molecule has 0 unspecified atom stereocenters. The Balaban J connectivity index is 2.69. The molecule has 1 N–H and O–H groups in total. The van der Waals surface area contributed by atoms with Crippen LogP contribution < -0.4 is 5.32 Å². The zero-order valence-electron chi connectivity index (χ0n) is 6.43. The lowest BCUT2D eigenvalue weighted by atomic mass is 10.6. The Labute approximate surface area is 76.3 Å². The van der Waals surface area contributed by atoms with Crippen molar-refractivity contribution < 1.29 is 13.2 Å². The molecule has 0 radical (unpaired) electrons. The van der Waals surface area contributed by atoms with Crippen LogP contribution in [0.3, 0.4) is 0 Å². The second kappa shape index (κ2) is 3.73. The van der Waals surface area contributed by atoms with Gasteiger partial charge in [-0.25, -0.2) is 0 Å². The van der Waals surface area contributed by atoms with E-state index in [9.17, 15) is 13.2 Å². The van der Waals surface area contributed by atoms with Gasteiger partial charge in [-0.2, -0.15) is 13.2 Å². The normalized spacial score (nSPS) is 11.3. The molecule has 72 valence electrons. The monoisotopic (exact) mass is 209 g/mol. The van der Waals surface area contributed by atoms with E-state index < -0.39 is 11.2 Å². The summed E-state index contributed by atoms with van der Waals surface area (Å²) in [6.07, 6.45) is -2.89. The molecule has 0 aliphatic carbocycles. The van der Waals surface area contributed by atoms with Crippen molar-refractivity contribution in [3.63, 3.8) is 0 Å². The molecule has 0 fully saturated rings. The number of hydrogen-bond donors (Lipinski definition) is 1. The summed E-state index contributed by atoms with van der Waals surface area (Å²) in [6.45, 7) is 3.77. The molecule has 1 aromatic heterocycles. The van der Waals surface area contributed by atoms with Crippen molar-refractivity contribution in [3.05, 3.63) is 17.7 Å². The second-order valence-corrected chi connectivity index (χ2v) is 3.06. The first-order valence-electron chi connectivity index (χ1n) is 3.29. The van der Waals surface area contributed by atoms with Crippen LogP contribution in [-0.4, -0.2) is 16.7 Å². The lowest BCUT2D eigenvalue weighted by molar-refractivity contribution is -0.138. The van der Waals surface area contributed by atoms with Gasteiger partial charge < -0.3 is 5.32 Å². The zero-order valence-corrected chi connectivity index (χ0v) is 7.24. The highest BCUT2D eigenvalue weighted by atomic mass is 32.1. The maximum atomic E-state index is 12.0. The quantitative estimate of drug-likeness (QED) is 0.775. The van der Waals surface area contributed by atoms with Crippen LogP contribution in [0.4, 0.5) is 18.3 Å². The fraction of sp³-hybridized carbons (Fsp3) is 0.333. The number of nitrogens with one attached hydrogen (secondary N) is 1. The van der Waals surface area contributed by atoms with E-state index in [-0.39, 0.29) is 5.13 Å². The van der Waals surface area contributed by atoms with Crippen LogP contribution in [0.1, 0.15) is 5.01 Å². The maximum Gasteiger partial charge on any atom is 0.445 e. The van der Waals surface area contributed by atoms with E-state index in [4.69, 9.17) is 0 Å². The summed E-state index contributed by atoms with van der Waals surface area (Å²) < 4.78 is 36.0. The van der Waals surface area contributed by atoms with Crippen molar-refractivity contribution in [1.82, 2.24) is 10.2 Å². The standard InChI is InChI=1S/C6H6F3N3S/c1-2-3-10-5-12-11-4(13-5)6(7,8)9/h2H,1,3H2,(H,10,12). The first-order valence-corrected chi connectivity index (χ1v) is 4.11. The predicted molar refractivity (Wildman–Crippen MR) is 43.6 cm³/mol. The molecule has 7 heteroatoms. The summed E-state index contributed by atoms with van der Waals surface area (Å²) in [5.41, 5.74) is 0. The Kier molecular flexibility index (Phi) is 2.86. The van der Waals surface area contributed by atoms with Gasteiger partial charge in [0.25, 0.3) is 0 Å². The van der Waals surface area contributed by atoms with E-state index in [0.717, 1.165) is 0 Å². The summed E-state index contributed by atoms with van der Waals surface area (Å²) in [5, 5.41) is 8.11. The van der Waals surface area contributed by atoms with Crippen LogP contribution >= 0.6 is 11.3 Å². The third kappa shape index (κ3) is 2.69. The van der Waals surface area contributed by atoms with Gasteiger partial charge in [-0.05, 0) is 0 Å². The van der Waals surface area contributed by atoms with Crippen LogP contribution in [-0.2, 0) is 6.18 Å². The number of halogens is 3. The van der Waals surface area contributed by atoms with Gasteiger partial charge in [0.05, 0.1) is 0 Å². The Morgan fingerprint density at radius 3 is 2.62 bits per heavy atom. The summed E-state index contributed by atoms with van der Waals surface area (Å²) in [7, 11) is 0. The molecule has 1 rings (SSSR count). The highest BCUT2D eigenvalue weighted by molar-refractivity contribution is 7.15. The first-order chi connectivity index (χ1) is 6.04. The molecule has 0 saturated heterocycles. The van der Waals surface area contributed by atoms with E-state index >= 15 is 0 Å². The molecule has 1 aromatic rings. The largest absolute Gasteiger partial charge is 0.445 e. The molecule has 0 atom stereocenters. The molecular weight excluding hydrogens is 203 g/mol. The first kappa shape index (κ1) is 9.97. The van der Waals surface area contributed by atoms with Gasteiger partial charge in [-0.3, -0.25) is 0 Å². The van der Waals surface area contributed by atoms with Crippen LogP contribution in [0, 0.1) is 0 Å². The van der Waals surface area contributed by atoms with E-state index in [0.29, 0.717) is 17.9 Å². The topological polar surface area (TPSA) is 37.8 Å². The fourth-order valence-electron chi connectivity index (χ4n) is 0.569. The van der Waals surface area contributed by atoms with Crippen molar-refractivity contribution in [3.8, 4) is 0 Å². The van der Waals surface area contributed by atoms with Gasteiger partial charge in [0, 0.05) is 6.54 Å². The SMILES string of the molecule is C=CCNc1nnc(C(F)(F)F)s1. The molecule has 0 bridgehead atoms. The minimum Gasteiger partial charge on any atom is -0.357 e. The van der Waals surface area contributed by atoms with Gasteiger partial charge >= 0.3 is 6.18 Å². The van der Waals surface area contributed by atoms with Gasteiger partial charge in [0.2, 0.25) is 10.1 Å². The smallest absolute Gasteiger partial charge is 0.357 e. The summed E-state index contributed by atoms with van der Waals surface area (Å²) in [5.74, 6) is 0. The number of aromatic nitrogens is 2. The number of alkyl halides is 3. The minimum atomic E-state index is -4.41. The van der Waals surface area contributed by atoms with E-state index in [1.807, 2.05) is 0 Å². The van der Waals surface area contributed by atoms with Crippen molar-refractivity contribution in [2.45, 2.75) is 6.18 Å². The average molecular weight is 209 g/mol. The Bertz CT molecular complexity index is 294. The van der Waals surface area contributed by atoms with Gasteiger partial charge in [-0.1, -0.05) is 17.4 Å². The van der Waals surface area contributed by atoms with E-state index in [1.54, 1.807) is 0 Å². The van der Waals surface area contributed by atoms with Crippen LogP contribution in [0.15, 0.2) is 12.7 Å². The Morgan fingerprint density at radius 2 is 2.15 bits per heavy atom. The van der Waals surface area contributed by atoms with Crippen molar-refractivity contribution in [1.29, 1.82) is 0 Å². The third-order valence-corrected chi connectivity index (χ3v) is 1.99. The molecular formula is C6H6F3N3S. The van der Waals surface area contributed by atoms with Crippen molar-refractivity contribution in [2.75, 3.05) is 11.9 Å². The molecule has 0 aliphatic rings. The lowest BCUT2D eigenvalue weighted by Gasteiger charge is -1.97. The van der Waals surface area contributed by atoms with Gasteiger partial charge in [-0.15, -0.1) is 16.8 Å². The van der Waals surface area contributed by atoms with Crippen LogP contribution in [0.2, 0.25) is 0 Å². The molecule has 0 aromatic carbocycles. The fourth-order valence-corrected chi connectivity index (χ4v) is 1.19. The van der Waals surface area contributed by atoms with Crippen molar-refractivity contribution in [2.24, 2.45) is 0 Å². The highest BCUT2D eigenvalue weighted by Gasteiger charge is 2.35. The van der Waals surface area contributed by atoms with Crippen molar-refractivity contribution >= 4 is 16.5 Å². The average Bonchev–Trinajstić information content (AvgIpc) is 2.47. The number of anilines is 1. The van der Waals surface area contributed by atoms with E-state index in [2.05, 4.69) is 22.1 Å². The number of nitrogens with zero attached hydrogens (tertiary/aromatic N) is 2. The summed E-state index contributed by atoms with van der Waals surface area (Å²) in [4.78, 5) is 0. The molecule has 0 amide bonds. The molecule has 0 aliphatic heterocycles. The van der Waals surface area contributed by atoms with Crippen LogP contribution in [0.5, 0.6) is 0 Å². The molecule has 3 nitrogen and oxygen atoms in total. The molecule has 0 saturated carbocycles. The molecule has 0 spiro atoms. The Hall–Kier alpha value is -1.11. The summed E-state index contributed by atoms with van der Waals surface area (Å²) >= 11 is 0.474. The third-order valence-electron chi connectivity index (χ3n) is 1.07. The number of rotatable bonds is 3. The van der Waals surface area contributed by atoms with Gasteiger partial charge in [0.1, 0.15) is 0 Å². The predicted octanol–water partition coefficient (Wildman–Crippen LogP) is 2.15. The van der Waals surface area contributed by atoms with Crippen LogP contribution in [0.25, 0.3) is 0 Å². The van der Waals surface area contributed by atoms with E-state index in [1.165, 1.54) is 6.08 Å². The van der Waals surface area contributed by atoms with Gasteiger partial charge in [0.15, 0.2) is 0 Å². The Morgan fingerprint density at radius 1 is 1.46 bits per heavy atom. The summed E-state index contributed by atoms with van der Waals surface area (Å²) in [6, 6.07) is 0. The number of hydrogen-bond acceptors (Lipinski definition) is 4. The zero-order chi connectivity index (χ0) is 9.90. The lowest BCUT2D eigenvalue weighted by Crippen LogP contribution is -2.03. The highest BCUT2D eigenvalue weighted by Crippen LogP contribution is 2.32. The second-order valence-electron chi connectivity index (χ2n) is 2.08. The molecule has 13 heavy (non-hydrogen) atoms. The minimum absolute atomic E-state index is 0.146. The maximum absolute atomic E-state index is 12.0.